The molecule has 1 fully saturated rings. The van der Waals surface area contributed by atoms with Crippen LogP contribution in [-0.2, 0) is 16.4 Å². The van der Waals surface area contributed by atoms with Gasteiger partial charge in [-0.3, -0.25) is 4.90 Å². The summed E-state index contributed by atoms with van der Waals surface area (Å²) in [5.41, 5.74) is 6.79. The third-order valence-electron chi connectivity index (χ3n) is 4.31. The fourth-order valence-corrected chi connectivity index (χ4v) is 3.54. The van der Waals surface area contributed by atoms with E-state index < -0.39 is 10.0 Å². The minimum atomic E-state index is -3.15. The zero-order chi connectivity index (χ0) is 16.9. The predicted molar refractivity (Wildman–Crippen MR) is 90.1 cm³/mol. The van der Waals surface area contributed by atoms with E-state index in [0.717, 1.165) is 32.4 Å². The maximum Gasteiger partial charge on any atom is 0.208 e. The first kappa shape index (κ1) is 18.3. The molecule has 1 heterocycles. The van der Waals surface area contributed by atoms with Crippen molar-refractivity contribution in [3.8, 4) is 0 Å². The summed E-state index contributed by atoms with van der Waals surface area (Å²) in [6, 6.07) is 6.84. The molecule has 3 N–H and O–H groups in total. The molecule has 2 rings (SSSR count). The Labute approximate surface area is 138 Å². The van der Waals surface area contributed by atoms with E-state index >= 15 is 0 Å². The first-order valence-electron chi connectivity index (χ1n) is 8.03. The van der Waals surface area contributed by atoms with E-state index in [9.17, 15) is 12.8 Å². The topological polar surface area (TPSA) is 75.4 Å². The summed E-state index contributed by atoms with van der Waals surface area (Å²) in [7, 11) is -3.15. The molecule has 7 heteroatoms. The van der Waals surface area contributed by atoms with Crippen molar-refractivity contribution in [2.75, 3.05) is 25.9 Å². The maximum absolute atomic E-state index is 13.6. The third kappa shape index (κ3) is 6.18. The Morgan fingerprint density at radius 1 is 1.43 bits per heavy atom. The van der Waals surface area contributed by atoms with E-state index in [1.807, 2.05) is 6.07 Å². The van der Waals surface area contributed by atoms with Gasteiger partial charge in [-0.25, -0.2) is 17.5 Å². The van der Waals surface area contributed by atoms with Crippen LogP contribution in [0.2, 0.25) is 0 Å². The second-order valence-corrected chi connectivity index (χ2v) is 8.13. The lowest BCUT2D eigenvalue weighted by molar-refractivity contribution is 0.244. The Morgan fingerprint density at radius 2 is 2.17 bits per heavy atom. The van der Waals surface area contributed by atoms with Crippen LogP contribution in [0.5, 0.6) is 0 Å². The quantitative estimate of drug-likeness (QED) is 0.741. The van der Waals surface area contributed by atoms with Crippen LogP contribution in [0.25, 0.3) is 0 Å². The molecule has 0 unspecified atom stereocenters. The fourth-order valence-electron chi connectivity index (χ4n) is 3.05. The summed E-state index contributed by atoms with van der Waals surface area (Å²) in [5, 5.41) is 0. The van der Waals surface area contributed by atoms with E-state index in [4.69, 9.17) is 5.73 Å². The summed E-state index contributed by atoms with van der Waals surface area (Å²) in [4.78, 5) is 2.28. The number of likely N-dealkylation sites (tertiary alicyclic amines) is 1. The summed E-state index contributed by atoms with van der Waals surface area (Å²) in [6.07, 6.45) is 4.52. The zero-order valence-electron chi connectivity index (χ0n) is 13.5. The van der Waals surface area contributed by atoms with Crippen LogP contribution in [-0.4, -0.2) is 51.3 Å². The van der Waals surface area contributed by atoms with Crippen molar-refractivity contribution in [2.24, 2.45) is 5.73 Å². The average molecular weight is 343 g/mol. The minimum Gasteiger partial charge on any atom is -0.327 e. The van der Waals surface area contributed by atoms with E-state index in [1.54, 1.807) is 12.1 Å². The zero-order valence-corrected chi connectivity index (χ0v) is 14.4. The Bertz CT molecular complexity index is 609. The summed E-state index contributed by atoms with van der Waals surface area (Å²) < 4.78 is 38.6. The molecule has 1 aliphatic heterocycles. The van der Waals surface area contributed by atoms with E-state index in [-0.39, 0.29) is 17.9 Å². The number of hydrogen-bond donors (Lipinski definition) is 2. The van der Waals surface area contributed by atoms with Crippen molar-refractivity contribution < 1.29 is 12.8 Å². The highest BCUT2D eigenvalue weighted by Gasteiger charge is 2.25. The molecule has 0 aromatic heterocycles. The molecule has 0 amide bonds. The standard InChI is InChI=1S/C16H26FN3O2S/c1-23(21,22)19-12-15-6-4-9-20(15)10-8-14(18)11-13-5-2-3-7-16(13)17/h2-3,5,7,14-15,19H,4,6,8-12,18H2,1H3/t14-,15-/m0/s1. The van der Waals surface area contributed by atoms with Gasteiger partial charge in [-0.1, -0.05) is 18.2 Å². The average Bonchev–Trinajstić information content (AvgIpc) is 2.92. The first-order valence-corrected chi connectivity index (χ1v) is 9.92. The second kappa shape index (κ2) is 8.19. The number of nitrogens with one attached hydrogen (secondary N) is 1. The van der Waals surface area contributed by atoms with Crippen molar-refractivity contribution >= 4 is 10.0 Å². The second-order valence-electron chi connectivity index (χ2n) is 6.30. The van der Waals surface area contributed by atoms with E-state index in [1.165, 1.54) is 12.3 Å². The Balaban J connectivity index is 1.79. The summed E-state index contributed by atoms with van der Waals surface area (Å²) in [5.74, 6) is -0.209. The van der Waals surface area contributed by atoms with Crippen LogP contribution < -0.4 is 10.5 Å². The van der Waals surface area contributed by atoms with Gasteiger partial charge < -0.3 is 5.73 Å². The van der Waals surface area contributed by atoms with E-state index in [2.05, 4.69) is 9.62 Å². The van der Waals surface area contributed by atoms with Crippen LogP contribution in [0.3, 0.4) is 0 Å². The molecule has 130 valence electrons. The van der Waals surface area contributed by atoms with Gasteiger partial charge in [0.2, 0.25) is 10.0 Å². The molecule has 23 heavy (non-hydrogen) atoms. The molecule has 2 atom stereocenters. The normalized spacial score (nSPS) is 20.7. The van der Waals surface area contributed by atoms with Crippen molar-refractivity contribution in [3.63, 3.8) is 0 Å². The van der Waals surface area contributed by atoms with E-state index in [0.29, 0.717) is 18.5 Å². The van der Waals surface area contributed by atoms with Gasteiger partial charge in [0.25, 0.3) is 0 Å². The van der Waals surface area contributed by atoms with Crippen molar-refractivity contribution in [3.05, 3.63) is 35.6 Å². The molecule has 5 nitrogen and oxygen atoms in total. The van der Waals surface area contributed by atoms with Gasteiger partial charge in [0.1, 0.15) is 5.82 Å². The molecule has 0 bridgehead atoms. The molecule has 1 aromatic rings. The van der Waals surface area contributed by atoms with Crippen molar-refractivity contribution in [1.82, 2.24) is 9.62 Å². The van der Waals surface area contributed by atoms with Crippen LogP contribution >= 0.6 is 0 Å². The fraction of sp³-hybridized carbons (Fsp3) is 0.625. The SMILES string of the molecule is CS(=O)(=O)NC[C@@H]1CCCN1CC[C@H](N)Cc1ccccc1F. The summed E-state index contributed by atoms with van der Waals surface area (Å²) >= 11 is 0. The van der Waals surface area contributed by atoms with Gasteiger partial charge in [0.05, 0.1) is 6.26 Å². The third-order valence-corrected chi connectivity index (χ3v) is 5.00. The van der Waals surface area contributed by atoms with Crippen molar-refractivity contribution in [2.45, 2.75) is 37.8 Å². The number of benzene rings is 1. The maximum atomic E-state index is 13.6. The first-order chi connectivity index (χ1) is 10.8. The van der Waals surface area contributed by atoms with Crippen LogP contribution in [0.4, 0.5) is 4.39 Å². The Kier molecular flexibility index (Phi) is 6.52. The van der Waals surface area contributed by atoms with Gasteiger partial charge in [0.15, 0.2) is 0 Å². The summed E-state index contributed by atoms with van der Waals surface area (Å²) in [6.45, 7) is 2.22. The molecule has 1 saturated heterocycles. The molecule has 0 radical (unpaired) electrons. The van der Waals surface area contributed by atoms with Crippen LogP contribution in [0, 0.1) is 5.82 Å². The molecule has 0 aliphatic carbocycles. The number of halogens is 1. The highest BCUT2D eigenvalue weighted by molar-refractivity contribution is 7.88. The van der Waals surface area contributed by atoms with Crippen LogP contribution in [0.1, 0.15) is 24.8 Å². The van der Waals surface area contributed by atoms with Crippen molar-refractivity contribution in [1.29, 1.82) is 0 Å². The van der Waals surface area contributed by atoms with Gasteiger partial charge in [-0.05, 0) is 50.4 Å². The molecule has 0 spiro atoms. The van der Waals surface area contributed by atoms with Gasteiger partial charge in [-0.15, -0.1) is 0 Å². The molecule has 1 aliphatic rings. The molecule has 1 aromatic carbocycles. The minimum absolute atomic E-state index is 0.101. The molecular weight excluding hydrogens is 317 g/mol. The van der Waals surface area contributed by atoms with Gasteiger partial charge in [-0.2, -0.15) is 0 Å². The monoisotopic (exact) mass is 343 g/mol. The molecule has 0 saturated carbocycles. The number of nitrogens with two attached hydrogens (primary N) is 1. The Hall–Kier alpha value is -1.02. The largest absolute Gasteiger partial charge is 0.327 e. The number of sulfonamides is 1. The van der Waals surface area contributed by atoms with Crippen LogP contribution in [0.15, 0.2) is 24.3 Å². The number of rotatable bonds is 8. The lowest BCUT2D eigenvalue weighted by atomic mass is 10.0. The lowest BCUT2D eigenvalue weighted by Gasteiger charge is -2.25. The molecular formula is C16H26FN3O2S. The highest BCUT2D eigenvalue weighted by atomic mass is 32.2. The van der Waals surface area contributed by atoms with Gasteiger partial charge in [0, 0.05) is 18.6 Å². The lowest BCUT2D eigenvalue weighted by Crippen LogP contribution is -2.41. The van der Waals surface area contributed by atoms with Gasteiger partial charge >= 0.3 is 0 Å². The predicted octanol–water partition coefficient (Wildman–Crippen LogP) is 1.10. The number of hydrogen-bond acceptors (Lipinski definition) is 4. The smallest absolute Gasteiger partial charge is 0.208 e. The Morgan fingerprint density at radius 3 is 2.87 bits per heavy atom. The number of nitrogens with zero attached hydrogens (tertiary/aromatic N) is 1. The highest BCUT2D eigenvalue weighted by Crippen LogP contribution is 2.18.